The van der Waals surface area contributed by atoms with Gasteiger partial charge in [0.05, 0.1) is 11.2 Å². The van der Waals surface area contributed by atoms with Gasteiger partial charge in [-0.3, -0.25) is 14.5 Å². The monoisotopic (exact) mass is 694 g/mol. The molecule has 0 saturated carbocycles. The predicted molar refractivity (Wildman–Crippen MR) is 221 cm³/mol. The molecule has 1 aliphatic rings. The number of benzene rings is 7. The van der Waals surface area contributed by atoms with Crippen LogP contribution in [-0.4, -0.2) is 9.55 Å². The van der Waals surface area contributed by atoms with Gasteiger partial charge in [-0.1, -0.05) is 109 Å². The highest BCUT2D eigenvalue weighted by molar-refractivity contribution is 6.01. The molecule has 3 heterocycles. The molecule has 0 spiro atoms. The van der Waals surface area contributed by atoms with E-state index in [2.05, 4.69) is 207 Å². The topological polar surface area (TPSA) is 33.5 Å². The number of pyridine rings is 1. The largest absolute Gasteiger partial charge is 0.451 e. The van der Waals surface area contributed by atoms with Crippen LogP contribution in [0.4, 0.5) is 34.3 Å². The van der Waals surface area contributed by atoms with Gasteiger partial charge in [-0.25, -0.2) is 0 Å². The van der Waals surface area contributed by atoms with Crippen LogP contribution in [0.15, 0.2) is 207 Å². The Kier molecular flexibility index (Phi) is 7.73. The van der Waals surface area contributed by atoms with Gasteiger partial charge < -0.3 is 9.64 Å². The molecule has 0 aliphatic carbocycles. The minimum Gasteiger partial charge on any atom is -0.451 e. The molecular weight excluding hydrogens is 661 g/mol. The Morgan fingerprint density at radius 2 is 1.04 bits per heavy atom. The van der Waals surface area contributed by atoms with Crippen molar-refractivity contribution in [3.05, 3.63) is 207 Å². The summed E-state index contributed by atoms with van der Waals surface area (Å²) in [6, 6.07) is 68.1. The van der Waals surface area contributed by atoms with Crippen LogP contribution in [0.3, 0.4) is 0 Å². The smallest absolute Gasteiger partial charge is 0.178 e. The zero-order valence-electron chi connectivity index (χ0n) is 29.3. The lowest BCUT2D eigenvalue weighted by molar-refractivity contribution is 0.481. The lowest BCUT2D eigenvalue weighted by atomic mass is 10.0. The quantitative estimate of drug-likeness (QED) is 0.166. The Bertz CT molecular complexity index is 2730. The van der Waals surface area contributed by atoms with Crippen LogP contribution in [-0.2, 0) is 0 Å². The van der Waals surface area contributed by atoms with E-state index in [0.29, 0.717) is 0 Å². The molecule has 54 heavy (non-hydrogen) atoms. The highest BCUT2D eigenvalue weighted by atomic mass is 16.5. The number of hydrogen-bond donors (Lipinski definition) is 0. The summed E-state index contributed by atoms with van der Waals surface area (Å²) < 4.78 is 9.19. The number of nitrogens with zero attached hydrogens (tertiary/aromatic N) is 4. The van der Waals surface area contributed by atoms with E-state index < -0.39 is 0 Å². The van der Waals surface area contributed by atoms with Gasteiger partial charge in [0.2, 0.25) is 0 Å². The summed E-state index contributed by atoms with van der Waals surface area (Å²) in [5.41, 5.74) is 11.9. The molecule has 10 rings (SSSR count). The minimum atomic E-state index is 0.805. The average Bonchev–Trinajstić information content (AvgIpc) is 3.58. The van der Waals surface area contributed by atoms with E-state index >= 15 is 0 Å². The Morgan fingerprint density at radius 3 is 1.80 bits per heavy atom. The normalized spacial score (nSPS) is 11.8. The van der Waals surface area contributed by atoms with Crippen molar-refractivity contribution in [2.24, 2.45) is 0 Å². The van der Waals surface area contributed by atoms with Crippen molar-refractivity contribution in [1.82, 2.24) is 9.55 Å². The number of rotatable bonds is 7. The third-order valence-corrected chi connectivity index (χ3v) is 10.0. The fraction of sp³-hybridized carbons (Fsp3) is 0. The number of fused-ring (bicyclic) bond motifs is 4. The third-order valence-electron chi connectivity index (χ3n) is 10.0. The van der Waals surface area contributed by atoms with Crippen molar-refractivity contribution in [3.8, 4) is 39.4 Å². The summed E-state index contributed by atoms with van der Waals surface area (Å²) in [7, 11) is 0. The van der Waals surface area contributed by atoms with E-state index in [1.165, 1.54) is 11.1 Å². The van der Waals surface area contributed by atoms with Gasteiger partial charge in [0.1, 0.15) is 0 Å². The van der Waals surface area contributed by atoms with Crippen LogP contribution in [0.1, 0.15) is 0 Å². The molecule has 0 unspecified atom stereocenters. The number of para-hydroxylation sites is 3. The Morgan fingerprint density at radius 1 is 0.444 bits per heavy atom. The first-order chi connectivity index (χ1) is 26.8. The highest BCUT2D eigenvalue weighted by Crippen LogP contribution is 2.56. The molecule has 5 nitrogen and oxygen atoms in total. The Balaban J connectivity index is 1.10. The molecule has 0 fully saturated rings. The van der Waals surface area contributed by atoms with Crippen LogP contribution in [0.25, 0.3) is 38.8 Å². The summed E-state index contributed by atoms with van der Waals surface area (Å²) in [5, 5.41) is 1.06. The molecule has 256 valence electrons. The van der Waals surface area contributed by atoms with Crippen molar-refractivity contribution >= 4 is 45.2 Å². The van der Waals surface area contributed by atoms with E-state index in [0.717, 1.165) is 73.5 Å². The molecule has 1 aliphatic heterocycles. The first-order valence-electron chi connectivity index (χ1n) is 18.1. The van der Waals surface area contributed by atoms with Crippen LogP contribution < -0.4 is 14.5 Å². The third kappa shape index (κ3) is 5.47. The summed E-state index contributed by atoms with van der Waals surface area (Å²) in [6.45, 7) is 0. The van der Waals surface area contributed by atoms with Crippen molar-refractivity contribution in [3.63, 3.8) is 0 Å². The molecule has 9 aromatic rings. The molecule has 0 radical (unpaired) electrons. The molecule has 0 amide bonds. The summed E-state index contributed by atoms with van der Waals surface area (Å²) >= 11 is 0. The van der Waals surface area contributed by atoms with Gasteiger partial charge >= 0.3 is 0 Å². The van der Waals surface area contributed by atoms with Crippen LogP contribution >= 0.6 is 0 Å². The number of ether oxygens (including phenoxy) is 1. The van der Waals surface area contributed by atoms with E-state index in [-0.39, 0.29) is 0 Å². The van der Waals surface area contributed by atoms with Crippen LogP contribution in [0.2, 0.25) is 0 Å². The molecular formula is C49H34N4O. The van der Waals surface area contributed by atoms with Gasteiger partial charge in [-0.05, 0) is 107 Å². The summed E-state index contributed by atoms with van der Waals surface area (Å²) in [6.07, 6.45) is 3.68. The molecule has 5 heteroatoms. The fourth-order valence-electron chi connectivity index (χ4n) is 7.56. The molecule has 0 N–H and O–H groups in total. The SMILES string of the molecule is c1ccc(-c2ccc(N(c3ccncc3)c3cccc(-c4ccc5c(c4)N(c4ccccc4)c4c(c6ccccc6n4-c4ccccc4)O5)c3)cc2)cc1. The number of aromatic nitrogens is 2. The number of anilines is 6. The average molecular weight is 695 g/mol. The van der Waals surface area contributed by atoms with Gasteiger partial charge in [0.25, 0.3) is 0 Å². The maximum atomic E-state index is 6.88. The van der Waals surface area contributed by atoms with Gasteiger partial charge in [-0.15, -0.1) is 0 Å². The first-order valence-corrected chi connectivity index (χ1v) is 18.1. The molecule has 0 saturated heterocycles. The van der Waals surface area contributed by atoms with Crippen LogP contribution in [0.5, 0.6) is 11.5 Å². The van der Waals surface area contributed by atoms with E-state index in [9.17, 15) is 0 Å². The second-order valence-electron chi connectivity index (χ2n) is 13.3. The zero-order valence-corrected chi connectivity index (χ0v) is 29.3. The molecule has 0 atom stereocenters. The maximum Gasteiger partial charge on any atom is 0.178 e. The molecule has 2 aromatic heterocycles. The van der Waals surface area contributed by atoms with Gasteiger partial charge in [0.15, 0.2) is 17.3 Å². The first kappa shape index (κ1) is 31.4. The summed E-state index contributed by atoms with van der Waals surface area (Å²) in [4.78, 5) is 8.94. The lowest BCUT2D eigenvalue weighted by Crippen LogP contribution is -2.18. The highest BCUT2D eigenvalue weighted by Gasteiger charge is 2.33. The van der Waals surface area contributed by atoms with Crippen molar-refractivity contribution < 1.29 is 4.74 Å². The van der Waals surface area contributed by atoms with E-state index in [1.54, 1.807) is 0 Å². The lowest BCUT2D eigenvalue weighted by Gasteiger charge is -2.33. The van der Waals surface area contributed by atoms with E-state index in [1.807, 2.05) is 18.5 Å². The van der Waals surface area contributed by atoms with Crippen molar-refractivity contribution in [2.75, 3.05) is 9.80 Å². The molecule has 7 aromatic carbocycles. The Labute approximate surface area is 314 Å². The maximum absolute atomic E-state index is 6.88. The van der Waals surface area contributed by atoms with Crippen molar-refractivity contribution in [2.45, 2.75) is 0 Å². The number of hydrogen-bond acceptors (Lipinski definition) is 4. The minimum absolute atomic E-state index is 0.805. The predicted octanol–water partition coefficient (Wildman–Crippen LogP) is 13.4. The second kappa shape index (κ2) is 13.3. The van der Waals surface area contributed by atoms with E-state index in [4.69, 9.17) is 4.74 Å². The molecule has 0 bridgehead atoms. The van der Waals surface area contributed by atoms with Crippen LogP contribution in [0, 0.1) is 0 Å². The Hall–Kier alpha value is -7.37. The zero-order chi connectivity index (χ0) is 35.8. The van der Waals surface area contributed by atoms with Gasteiger partial charge in [-0.2, -0.15) is 0 Å². The van der Waals surface area contributed by atoms with Gasteiger partial charge in [0, 0.05) is 46.2 Å². The second-order valence-corrected chi connectivity index (χ2v) is 13.3. The standard InChI is InChI=1S/C49H34N4O/c1-4-13-35(14-5-1)36-23-26-41(27-24-36)51(42-29-31-50-32-30-42)43-20-12-15-37(33-43)38-25-28-47-46(34-38)53(40-18-8-3-9-19-40)49-48(54-47)44-21-10-11-22-45(44)52(49)39-16-6-2-7-17-39/h1-34H. The van der Waals surface area contributed by atoms with Crippen molar-refractivity contribution in [1.29, 1.82) is 0 Å². The summed E-state index contributed by atoms with van der Waals surface area (Å²) in [5.74, 6) is 2.61. The fourth-order valence-corrected chi connectivity index (χ4v) is 7.56.